The first-order chi connectivity index (χ1) is 11.1. The minimum absolute atomic E-state index is 0.251. The van der Waals surface area contributed by atoms with E-state index in [4.69, 9.17) is 0 Å². The average molecular weight is 313 g/mol. The molecule has 2 aromatic heterocycles. The van der Waals surface area contributed by atoms with E-state index in [1.807, 2.05) is 19.0 Å². The molecule has 0 aliphatic carbocycles. The number of amides is 1. The summed E-state index contributed by atoms with van der Waals surface area (Å²) in [5.74, 6) is 1.03. The van der Waals surface area contributed by atoms with Crippen molar-refractivity contribution in [2.75, 3.05) is 42.3 Å². The smallest absolute Gasteiger partial charge is 0.276 e. The Kier molecular flexibility index (Phi) is 4.31. The van der Waals surface area contributed by atoms with Gasteiger partial charge < -0.3 is 15.1 Å². The first-order valence-electron chi connectivity index (χ1n) is 7.52. The van der Waals surface area contributed by atoms with Gasteiger partial charge in [-0.2, -0.15) is 4.98 Å². The molecule has 2 aromatic rings. The molecular formula is C15H19N7O. The summed E-state index contributed by atoms with van der Waals surface area (Å²) in [6.45, 7) is 1.94. The normalized spacial score (nSPS) is 13.9. The largest absolute Gasteiger partial charge is 0.361 e. The second-order valence-corrected chi connectivity index (χ2v) is 5.54. The maximum atomic E-state index is 12.2. The Labute approximate surface area is 134 Å². The Morgan fingerprint density at radius 2 is 1.96 bits per heavy atom. The van der Waals surface area contributed by atoms with Crippen molar-refractivity contribution in [1.29, 1.82) is 0 Å². The Balaban J connectivity index is 1.85. The van der Waals surface area contributed by atoms with Crippen molar-refractivity contribution in [2.45, 2.75) is 12.8 Å². The Morgan fingerprint density at radius 1 is 1.17 bits per heavy atom. The van der Waals surface area contributed by atoms with Crippen LogP contribution >= 0.6 is 0 Å². The van der Waals surface area contributed by atoms with Crippen molar-refractivity contribution in [3.8, 4) is 0 Å². The quantitative estimate of drug-likeness (QED) is 0.907. The fourth-order valence-corrected chi connectivity index (χ4v) is 2.47. The van der Waals surface area contributed by atoms with Crippen molar-refractivity contribution < 1.29 is 4.79 Å². The van der Waals surface area contributed by atoms with Crippen LogP contribution in [0, 0.1) is 0 Å². The van der Waals surface area contributed by atoms with Gasteiger partial charge in [-0.3, -0.25) is 9.78 Å². The first-order valence-corrected chi connectivity index (χ1v) is 7.52. The maximum absolute atomic E-state index is 12.2. The molecule has 0 aromatic carbocycles. The van der Waals surface area contributed by atoms with E-state index in [1.165, 1.54) is 18.6 Å². The van der Waals surface area contributed by atoms with Crippen molar-refractivity contribution in [2.24, 2.45) is 0 Å². The fraction of sp³-hybridized carbons (Fsp3) is 0.400. The van der Waals surface area contributed by atoms with Crippen LogP contribution in [0.5, 0.6) is 0 Å². The molecule has 1 aliphatic rings. The SMILES string of the molecule is CN(C)c1nc(N2CCCC2)ncc1NC(=O)c1cnccn1. The lowest BCUT2D eigenvalue weighted by Crippen LogP contribution is -2.24. The molecule has 1 N–H and O–H groups in total. The highest BCUT2D eigenvalue weighted by Crippen LogP contribution is 2.25. The molecule has 120 valence electrons. The van der Waals surface area contributed by atoms with Crippen LogP contribution in [0.4, 0.5) is 17.5 Å². The zero-order valence-electron chi connectivity index (χ0n) is 13.2. The van der Waals surface area contributed by atoms with Gasteiger partial charge in [-0.05, 0) is 12.8 Å². The Bertz CT molecular complexity index is 683. The molecule has 1 fully saturated rings. The molecule has 0 unspecified atom stereocenters. The topological polar surface area (TPSA) is 87.1 Å². The van der Waals surface area contributed by atoms with Crippen LogP contribution in [0.25, 0.3) is 0 Å². The number of nitrogens with zero attached hydrogens (tertiary/aromatic N) is 6. The number of rotatable bonds is 4. The molecule has 1 aliphatic heterocycles. The molecule has 0 radical (unpaired) electrons. The molecule has 3 heterocycles. The standard InChI is InChI=1S/C15H19N7O/c1-21(2)13-11(19-14(23)12-9-16-5-6-17-12)10-18-15(20-13)22-7-3-4-8-22/h5-6,9-10H,3-4,7-8H2,1-2H3,(H,19,23). The number of carbonyl (C=O) groups excluding carboxylic acids is 1. The Hall–Kier alpha value is -2.77. The van der Waals surface area contributed by atoms with E-state index in [-0.39, 0.29) is 11.6 Å². The van der Waals surface area contributed by atoms with Crippen LogP contribution in [0.2, 0.25) is 0 Å². The van der Waals surface area contributed by atoms with Gasteiger partial charge in [0.1, 0.15) is 11.4 Å². The number of carbonyl (C=O) groups is 1. The molecule has 8 nitrogen and oxygen atoms in total. The molecule has 3 rings (SSSR count). The van der Waals surface area contributed by atoms with Crippen molar-refractivity contribution in [3.05, 3.63) is 30.5 Å². The van der Waals surface area contributed by atoms with Crippen LogP contribution in [0.1, 0.15) is 23.3 Å². The summed E-state index contributed by atoms with van der Waals surface area (Å²) in [6, 6.07) is 0. The Morgan fingerprint density at radius 3 is 2.61 bits per heavy atom. The predicted molar refractivity (Wildman–Crippen MR) is 87.8 cm³/mol. The van der Waals surface area contributed by atoms with Gasteiger partial charge >= 0.3 is 0 Å². The third-order valence-corrected chi connectivity index (χ3v) is 3.61. The first kappa shape index (κ1) is 15.1. The summed E-state index contributed by atoms with van der Waals surface area (Å²) in [5.41, 5.74) is 0.800. The van der Waals surface area contributed by atoms with E-state index in [1.54, 1.807) is 6.20 Å². The van der Waals surface area contributed by atoms with Crippen molar-refractivity contribution in [1.82, 2.24) is 19.9 Å². The van der Waals surface area contributed by atoms with E-state index < -0.39 is 0 Å². The molecule has 0 saturated carbocycles. The molecule has 0 atom stereocenters. The average Bonchev–Trinajstić information content (AvgIpc) is 3.10. The molecule has 1 saturated heterocycles. The minimum atomic E-state index is -0.335. The highest BCUT2D eigenvalue weighted by molar-refractivity contribution is 6.04. The second-order valence-electron chi connectivity index (χ2n) is 5.54. The van der Waals surface area contributed by atoms with E-state index in [9.17, 15) is 4.79 Å². The van der Waals surface area contributed by atoms with Crippen LogP contribution in [0.15, 0.2) is 24.8 Å². The van der Waals surface area contributed by atoms with E-state index >= 15 is 0 Å². The van der Waals surface area contributed by atoms with Gasteiger partial charge in [-0.15, -0.1) is 0 Å². The van der Waals surface area contributed by atoms with Gasteiger partial charge in [0.2, 0.25) is 5.95 Å². The highest BCUT2D eigenvalue weighted by atomic mass is 16.1. The molecule has 23 heavy (non-hydrogen) atoms. The fourth-order valence-electron chi connectivity index (χ4n) is 2.47. The second kappa shape index (κ2) is 6.55. The highest BCUT2D eigenvalue weighted by Gasteiger charge is 2.19. The maximum Gasteiger partial charge on any atom is 0.276 e. The number of hydrogen-bond acceptors (Lipinski definition) is 7. The lowest BCUT2D eigenvalue weighted by atomic mass is 10.3. The third kappa shape index (κ3) is 3.36. The van der Waals surface area contributed by atoms with Gasteiger partial charge in [0, 0.05) is 39.6 Å². The van der Waals surface area contributed by atoms with Crippen molar-refractivity contribution in [3.63, 3.8) is 0 Å². The number of hydrogen-bond donors (Lipinski definition) is 1. The van der Waals surface area contributed by atoms with E-state index in [0.717, 1.165) is 25.9 Å². The summed E-state index contributed by atoms with van der Waals surface area (Å²) in [7, 11) is 3.77. The summed E-state index contributed by atoms with van der Waals surface area (Å²) < 4.78 is 0. The lowest BCUT2D eigenvalue weighted by Gasteiger charge is -2.20. The van der Waals surface area contributed by atoms with Crippen LogP contribution in [-0.4, -0.2) is 53.0 Å². The molecule has 8 heteroatoms. The molecular weight excluding hydrogens is 294 g/mol. The number of nitrogens with one attached hydrogen (secondary N) is 1. The zero-order valence-corrected chi connectivity index (χ0v) is 13.2. The molecule has 0 spiro atoms. The molecule has 0 bridgehead atoms. The van der Waals surface area contributed by atoms with Gasteiger partial charge in [0.15, 0.2) is 5.82 Å². The summed E-state index contributed by atoms with van der Waals surface area (Å²) in [6.07, 6.45) is 8.39. The summed E-state index contributed by atoms with van der Waals surface area (Å²) in [5, 5.41) is 2.80. The van der Waals surface area contributed by atoms with Gasteiger partial charge in [0.25, 0.3) is 5.91 Å². The summed E-state index contributed by atoms with van der Waals surface area (Å²) in [4.78, 5) is 33.1. The van der Waals surface area contributed by atoms with Gasteiger partial charge in [-0.25, -0.2) is 9.97 Å². The zero-order chi connectivity index (χ0) is 16.2. The van der Waals surface area contributed by atoms with Crippen LogP contribution in [0.3, 0.4) is 0 Å². The van der Waals surface area contributed by atoms with E-state index in [2.05, 4.69) is 30.2 Å². The van der Waals surface area contributed by atoms with Crippen LogP contribution < -0.4 is 15.1 Å². The van der Waals surface area contributed by atoms with Crippen LogP contribution in [-0.2, 0) is 0 Å². The minimum Gasteiger partial charge on any atom is -0.361 e. The van der Waals surface area contributed by atoms with Gasteiger partial charge in [0.05, 0.1) is 12.4 Å². The predicted octanol–water partition coefficient (Wildman–Crippen LogP) is 1.19. The number of anilines is 3. The summed E-state index contributed by atoms with van der Waals surface area (Å²) >= 11 is 0. The van der Waals surface area contributed by atoms with E-state index in [0.29, 0.717) is 17.5 Å². The number of aromatic nitrogens is 4. The molecule has 1 amide bonds. The third-order valence-electron chi connectivity index (χ3n) is 3.61. The van der Waals surface area contributed by atoms with Gasteiger partial charge in [-0.1, -0.05) is 0 Å². The van der Waals surface area contributed by atoms with Crippen molar-refractivity contribution >= 4 is 23.4 Å². The monoisotopic (exact) mass is 313 g/mol. The lowest BCUT2D eigenvalue weighted by molar-refractivity contribution is 0.102.